The van der Waals surface area contributed by atoms with Gasteiger partial charge in [0.2, 0.25) is 0 Å². The molecule has 74 valence electrons. The molecule has 0 spiro atoms. The highest BCUT2D eigenvalue weighted by molar-refractivity contribution is 5.77. The van der Waals surface area contributed by atoms with Gasteiger partial charge >= 0.3 is 0 Å². The summed E-state index contributed by atoms with van der Waals surface area (Å²) in [6, 6.07) is 0. The Morgan fingerprint density at radius 2 is 2.15 bits per heavy atom. The fourth-order valence-corrected chi connectivity index (χ4v) is 2.28. The maximum atomic E-state index is 5.76. The number of hydrogen-bond donors (Lipinski definition) is 1. The predicted octanol–water partition coefficient (Wildman–Crippen LogP) is 1.32. The Morgan fingerprint density at radius 1 is 1.38 bits per heavy atom. The fourth-order valence-electron chi connectivity index (χ4n) is 2.28. The Labute approximate surface area is 79.4 Å². The van der Waals surface area contributed by atoms with Crippen molar-refractivity contribution in [1.29, 1.82) is 0 Å². The van der Waals surface area contributed by atoms with Crippen molar-refractivity contribution in [2.24, 2.45) is 16.6 Å². The van der Waals surface area contributed by atoms with Crippen LogP contribution in [0, 0.1) is 5.92 Å². The predicted molar refractivity (Wildman–Crippen MR) is 52.8 cm³/mol. The van der Waals surface area contributed by atoms with Crippen LogP contribution in [0.1, 0.15) is 32.1 Å². The summed E-state index contributed by atoms with van der Waals surface area (Å²) in [5.74, 6) is 1.65. The average molecular weight is 182 g/mol. The SMILES string of the molecule is NCCC1=NCC(C2CCCC2)O1. The van der Waals surface area contributed by atoms with Gasteiger partial charge in [0.1, 0.15) is 6.10 Å². The van der Waals surface area contributed by atoms with E-state index >= 15 is 0 Å². The molecule has 1 atom stereocenters. The topological polar surface area (TPSA) is 47.6 Å². The quantitative estimate of drug-likeness (QED) is 0.715. The summed E-state index contributed by atoms with van der Waals surface area (Å²) in [6.45, 7) is 1.52. The van der Waals surface area contributed by atoms with Gasteiger partial charge in [-0.1, -0.05) is 12.8 Å². The van der Waals surface area contributed by atoms with Crippen molar-refractivity contribution in [2.75, 3.05) is 13.1 Å². The minimum absolute atomic E-state index is 0.379. The monoisotopic (exact) mass is 182 g/mol. The van der Waals surface area contributed by atoms with Crippen LogP contribution in [-0.4, -0.2) is 25.1 Å². The minimum atomic E-state index is 0.379. The van der Waals surface area contributed by atoms with Gasteiger partial charge in [0.25, 0.3) is 0 Å². The van der Waals surface area contributed by atoms with E-state index in [9.17, 15) is 0 Å². The summed E-state index contributed by atoms with van der Waals surface area (Å²) >= 11 is 0. The molecule has 2 rings (SSSR count). The van der Waals surface area contributed by atoms with Gasteiger partial charge in [-0.2, -0.15) is 0 Å². The molecule has 0 radical (unpaired) electrons. The van der Waals surface area contributed by atoms with E-state index < -0.39 is 0 Å². The third kappa shape index (κ3) is 2.02. The Kier molecular flexibility index (Phi) is 2.83. The minimum Gasteiger partial charge on any atom is -0.475 e. The maximum Gasteiger partial charge on any atom is 0.185 e. The van der Waals surface area contributed by atoms with E-state index in [0.29, 0.717) is 12.6 Å². The molecule has 1 saturated carbocycles. The highest BCUT2D eigenvalue weighted by Gasteiger charge is 2.30. The van der Waals surface area contributed by atoms with E-state index in [2.05, 4.69) is 4.99 Å². The van der Waals surface area contributed by atoms with Crippen LogP contribution >= 0.6 is 0 Å². The Balaban J connectivity index is 1.80. The van der Waals surface area contributed by atoms with Gasteiger partial charge < -0.3 is 10.5 Å². The summed E-state index contributed by atoms with van der Waals surface area (Å²) in [5, 5.41) is 0. The molecule has 1 heterocycles. The van der Waals surface area contributed by atoms with Crippen LogP contribution in [0.4, 0.5) is 0 Å². The van der Waals surface area contributed by atoms with Crippen molar-refractivity contribution in [3.05, 3.63) is 0 Å². The van der Waals surface area contributed by atoms with Gasteiger partial charge in [0.05, 0.1) is 6.54 Å². The molecule has 1 unspecified atom stereocenters. The molecule has 0 aromatic rings. The first-order valence-corrected chi connectivity index (χ1v) is 5.30. The third-order valence-corrected chi connectivity index (χ3v) is 3.02. The molecule has 3 nitrogen and oxygen atoms in total. The van der Waals surface area contributed by atoms with E-state index in [4.69, 9.17) is 10.5 Å². The summed E-state index contributed by atoms with van der Waals surface area (Å²) in [6.07, 6.45) is 6.59. The zero-order chi connectivity index (χ0) is 9.10. The van der Waals surface area contributed by atoms with Gasteiger partial charge in [0.15, 0.2) is 5.90 Å². The Bertz CT molecular complexity index is 197. The van der Waals surface area contributed by atoms with Gasteiger partial charge in [0, 0.05) is 13.0 Å². The lowest BCUT2D eigenvalue weighted by molar-refractivity contribution is 0.151. The van der Waals surface area contributed by atoms with Crippen LogP contribution in [-0.2, 0) is 4.74 Å². The van der Waals surface area contributed by atoms with E-state index in [-0.39, 0.29) is 0 Å². The van der Waals surface area contributed by atoms with E-state index in [1.807, 2.05) is 0 Å². The zero-order valence-corrected chi connectivity index (χ0v) is 8.04. The van der Waals surface area contributed by atoms with Gasteiger partial charge in [-0.15, -0.1) is 0 Å². The Hall–Kier alpha value is -0.570. The molecular formula is C10H18N2O. The lowest BCUT2D eigenvalue weighted by Crippen LogP contribution is -2.22. The second-order valence-electron chi connectivity index (χ2n) is 3.97. The van der Waals surface area contributed by atoms with Crippen molar-refractivity contribution < 1.29 is 4.74 Å². The van der Waals surface area contributed by atoms with E-state index in [1.165, 1.54) is 25.7 Å². The molecule has 3 heteroatoms. The highest BCUT2D eigenvalue weighted by atomic mass is 16.5. The van der Waals surface area contributed by atoms with Crippen molar-refractivity contribution in [3.63, 3.8) is 0 Å². The normalized spacial score (nSPS) is 29.0. The smallest absolute Gasteiger partial charge is 0.185 e. The first kappa shape index (κ1) is 9.00. The molecule has 2 aliphatic rings. The largest absolute Gasteiger partial charge is 0.475 e. The number of nitrogens with two attached hydrogens (primary N) is 1. The van der Waals surface area contributed by atoms with Crippen LogP contribution < -0.4 is 5.73 Å². The van der Waals surface area contributed by atoms with E-state index in [0.717, 1.165) is 24.8 Å². The number of ether oxygens (including phenoxy) is 1. The molecule has 2 N–H and O–H groups in total. The summed E-state index contributed by atoms with van der Waals surface area (Å²) in [7, 11) is 0. The molecule has 0 aromatic carbocycles. The van der Waals surface area contributed by atoms with Crippen LogP contribution in [0.25, 0.3) is 0 Å². The molecule has 13 heavy (non-hydrogen) atoms. The zero-order valence-electron chi connectivity index (χ0n) is 8.04. The van der Waals surface area contributed by atoms with Crippen LogP contribution in [0.3, 0.4) is 0 Å². The molecule has 0 aromatic heterocycles. The fraction of sp³-hybridized carbons (Fsp3) is 0.900. The van der Waals surface area contributed by atoms with E-state index in [1.54, 1.807) is 0 Å². The number of nitrogens with zero attached hydrogens (tertiary/aromatic N) is 1. The second-order valence-corrected chi connectivity index (χ2v) is 3.97. The molecule has 0 saturated heterocycles. The standard InChI is InChI=1S/C10H18N2O/c11-6-5-10-12-7-9(13-10)8-3-1-2-4-8/h8-9H,1-7,11H2. The number of hydrogen-bond acceptors (Lipinski definition) is 3. The third-order valence-electron chi connectivity index (χ3n) is 3.02. The molecule has 0 amide bonds. The average Bonchev–Trinajstić information content (AvgIpc) is 2.70. The first-order chi connectivity index (χ1) is 6.40. The second kappa shape index (κ2) is 4.09. The summed E-state index contributed by atoms with van der Waals surface area (Å²) < 4.78 is 5.76. The van der Waals surface area contributed by atoms with Gasteiger partial charge in [-0.05, 0) is 18.8 Å². The maximum absolute atomic E-state index is 5.76. The van der Waals surface area contributed by atoms with Crippen LogP contribution in [0.5, 0.6) is 0 Å². The lowest BCUT2D eigenvalue weighted by atomic mass is 10.0. The molecule has 1 fully saturated rings. The summed E-state index contributed by atoms with van der Waals surface area (Å²) in [4.78, 5) is 4.37. The van der Waals surface area contributed by atoms with Crippen LogP contribution in [0.15, 0.2) is 4.99 Å². The number of aliphatic imine (C=N–C) groups is 1. The summed E-state index contributed by atoms with van der Waals surface area (Å²) in [5.41, 5.74) is 5.45. The Morgan fingerprint density at radius 3 is 2.85 bits per heavy atom. The van der Waals surface area contributed by atoms with Gasteiger partial charge in [-0.25, -0.2) is 0 Å². The molecular weight excluding hydrogens is 164 g/mol. The van der Waals surface area contributed by atoms with Crippen molar-refractivity contribution in [2.45, 2.75) is 38.2 Å². The highest BCUT2D eigenvalue weighted by Crippen LogP contribution is 2.31. The first-order valence-electron chi connectivity index (χ1n) is 5.30. The van der Waals surface area contributed by atoms with Crippen molar-refractivity contribution in [1.82, 2.24) is 0 Å². The molecule has 1 aliphatic heterocycles. The number of rotatable bonds is 3. The van der Waals surface area contributed by atoms with Crippen molar-refractivity contribution in [3.8, 4) is 0 Å². The molecule has 0 bridgehead atoms. The lowest BCUT2D eigenvalue weighted by Gasteiger charge is -2.17. The van der Waals surface area contributed by atoms with Gasteiger partial charge in [-0.3, -0.25) is 4.99 Å². The van der Waals surface area contributed by atoms with Crippen LogP contribution in [0.2, 0.25) is 0 Å². The molecule has 1 aliphatic carbocycles. The van der Waals surface area contributed by atoms with Crippen molar-refractivity contribution >= 4 is 5.90 Å².